The number of aromatic nitrogens is 2. The number of carbonyl (C=O) groups is 1. The Balaban J connectivity index is 1.89. The summed E-state index contributed by atoms with van der Waals surface area (Å²) in [6.45, 7) is 4.11. The molecule has 1 amide bonds. The van der Waals surface area contributed by atoms with E-state index >= 15 is 0 Å². The Hall–Kier alpha value is -2.49. The zero-order chi connectivity index (χ0) is 14.8. The first kappa shape index (κ1) is 13.5. The fourth-order valence-corrected chi connectivity index (χ4v) is 2.72. The van der Waals surface area contributed by atoms with E-state index in [1.807, 2.05) is 59.6 Å². The zero-order valence-corrected chi connectivity index (χ0v) is 12.2. The summed E-state index contributed by atoms with van der Waals surface area (Å²) in [6, 6.07) is 11.5. The standard InChI is InChI=1S/C17H19N3O/c1-12(2)16(20-10-3-4-11-20)17(21)19-15-7-5-6-14-13(15)8-9-18-14/h3-12,16,18H,1-2H3,(H,19,21)/t16-/m1/s1. The first-order valence-corrected chi connectivity index (χ1v) is 7.16. The Kier molecular flexibility index (Phi) is 3.52. The summed E-state index contributed by atoms with van der Waals surface area (Å²) in [5, 5.41) is 4.09. The van der Waals surface area contributed by atoms with Crippen molar-refractivity contribution in [3.05, 3.63) is 55.0 Å². The molecule has 0 radical (unpaired) electrons. The van der Waals surface area contributed by atoms with Crippen LogP contribution in [0, 0.1) is 5.92 Å². The van der Waals surface area contributed by atoms with E-state index in [4.69, 9.17) is 0 Å². The van der Waals surface area contributed by atoms with Gasteiger partial charge in [0.05, 0.1) is 5.69 Å². The molecule has 0 unspecified atom stereocenters. The predicted molar refractivity (Wildman–Crippen MR) is 85.2 cm³/mol. The van der Waals surface area contributed by atoms with Gasteiger partial charge in [0.2, 0.25) is 5.91 Å². The van der Waals surface area contributed by atoms with Crippen LogP contribution in [-0.4, -0.2) is 15.5 Å². The van der Waals surface area contributed by atoms with Gasteiger partial charge in [-0.15, -0.1) is 0 Å². The number of benzene rings is 1. The van der Waals surface area contributed by atoms with Gasteiger partial charge < -0.3 is 14.9 Å². The highest BCUT2D eigenvalue weighted by atomic mass is 16.2. The van der Waals surface area contributed by atoms with Gasteiger partial charge in [0.1, 0.15) is 6.04 Å². The summed E-state index contributed by atoms with van der Waals surface area (Å²) < 4.78 is 1.96. The lowest BCUT2D eigenvalue weighted by atomic mass is 10.0. The number of aromatic amines is 1. The molecular formula is C17H19N3O. The first-order valence-electron chi connectivity index (χ1n) is 7.16. The van der Waals surface area contributed by atoms with Gasteiger partial charge in [-0.1, -0.05) is 19.9 Å². The molecule has 21 heavy (non-hydrogen) atoms. The van der Waals surface area contributed by atoms with Crippen molar-refractivity contribution in [1.29, 1.82) is 0 Å². The number of nitrogens with one attached hydrogen (secondary N) is 2. The Labute approximate surface area is 123 Å². The fourth-order valence-electron chi connectivity index (χ4n) is 2.72. The average Bonchev–Trinajstić information content (AvgIpc) is 3.09. The smallest absolute Gasteiger partial charge is 0.247 e. The van der Waals surface area contributed by atoms with Crippen LogP contribution in [0.2, 0.25) is 0 Å². The minimum Gasteiger partial charge on any atom is -0.361 e. The highest BCUT2D eigenvalue weighted by Gasteiger charge is 2.23. The maximum Gasteiger partial charge on any atom is 0.247 e. The monoisotopic (exact) mass is 281 g/mol. The van der Waals surface area contributed by atoms with Crippen LogP contribution in [0.15, 0.2) is 55.0 Å². The summed E-state index contributed by atoms with van der Waals surface area (Å²) in [5.41, 5.74) is 1.87. The summed E-state index contributed by atoms with van der Waals surface area (Å²) in [6.07, 6.45) is 5.74. The normalized spacial score (nSPS) is 12.7. The number of anilines is 1. The van der Waals surface area contributed by atoms with Crippen LogP contribution in [0.4, 0.5) is 5.69 Å². The van der Waals surface area contributed by atoms with E-state index in [9.17, 15) is 4.79 Å². The third-order valence-corrected chi connectivity index (χ3v) is 3.70. The second-order valence-electron chi connectivity index (χ2n) is 5.55. The molecule has 1 aromatic carbocycles. The fraction of sp³-hybridized carbons (Fsp3) is 0.235. The molecule has 1 atom stereocenters. The molecule has 0 saturated carbocycles. The molecule has 0 fully saturated rings. The van der Waals surface area contributed by atoms with Crippen LogP contribution >= 0.6 is 0 Å². The molecule has 3 aromatic rings. The number of carbonyl (C=O) groups excluding carboxylic acids is 1. The molecule has 0 spiro atoms. The van der Waals surface area contributed by atoms with Gasteiger partial charge in [-0.2, -0.15) is 0 Å². The van der Waals surface area contributed by atoms with Gasteiger partial charge in [-0.25, -0.2) is 0 Å². The maximum atomic E-state index is 12.7. The minimum atomic E-state index is -0.214. The van der Waals surface area contributed by atoms with Crippen molar-refractivity contribution in [2.75, 3.05) is 5.32 Å². The highest BCUT2D eigenvalue weighted by molar-refractivity contribution is 6.02. The molecule has 0 aliphatic heterocycles. The van der Waals surface area contributed by atoms with Crippen LogP contribution in [0.25, 0.3) is 10.9 Å². The third-order valence-electron chi connectivity index (χ3n) is 3.70. The van der Waals surface area contributed by atoms with E-state index in [0.717, 1.165) is 16.6 Å². The van der Waals surface area contributed by atoms with Gasteiger partial charge in [0.15, 0.2) is 0 Å². The molecule has 108 valence electrons. The molecule has 0 aliphatic rings. The third kappa shape index (κ3) is 2.57. The number of H-pyrrole nitrogens is 1. The lowest BCUT2D eigenvalue weighted by Crippen LogP contribution is -2.29. The van der Waals surface area contributed by atoms with Gasteiger partial charge in [0, 0.05) is 29.5 Å². The lowest BCUT2D eigenvalue weighted by Gasteiger charge is -2.22. The highest BCUT2D eigenvalue weighted by Crippen LogP contribution is 2.25. The van der Waals surface area contributed by atoms with Crippen molar-refractivity contribution in [2.24, 2.45) is 5.92 Å². The van der Waals surface area contributed by atoms with Crippen molar-refractivity contribution < 1.29 is 4.79 Å². The van der Waals surface area contributed by atoms with Gasteiger partial charge in [-0.3, -0.25) is 4.79 Å². The Morgan fingerprint density at radius 2 is 1.90 bits per heavy atom. The van der Waals surface area contributed by atoms with Crippen LogP contribution in [0.1, 0.15) is 19.9 Å². The molecule has 2 aromatic heterocycles. The second-order valence-corrected chi connectivity index (χ2v) is 5.55. The van der Waals surface area contributed by atoms with E-state index in [2.05, 4.69) is 24.1 Å². The quantitative estimate of drug-likeness (QED) is 0.750. The maximum absolute atomic E-state index is 12.7. The van der Waals surface area contributed by atoms with E-state index in [1.165, 1.54) is 0 Å². The van der Waals surface area contributed by atoms with Gasteiger partial charge in [-0.05, 0) is 36.2 Å². The summed E-state index contributed by atoms with van der Waals surface area (Å²) >= 11 is 0. The molecule has 3 rings (SSSR count). The van der Waals surface area contributed by atoms with Crippen LogP contribution < -0.4 is 5.32 Å². The lowest BCUT2D eigenvalue weighted by molar-refractivity contribution is -0.120. The molecule has 4 heteroatoms. The Bertz CT molecular complexity index is 740. The van der Waals surface area contributed by atoms with Crippen molar-refractivity contribution in [3.63, 3.8) is 0 Å². The van der Waals surface area contributed by atoms with Gasteiger partial charge >= 0.3 is 0 Å². The van der Waals surface area contributed by atoms with E-state index < -0.39 is 0 Å². The predicted octanol–water partition coefficient (Wildman–Crippen LogP) is 3.81. The van der Waals surface area contributed by atoms with Crippen molar-refractivity contribution in [3.8, 4) is 0 Å². The number of nitrogens with zero attached hydrogens (tertiary/aromatic N) is 1. The Morgan fingerprint density at radius 1 is 1.14 bits per heavy atom. The zero-order valence-electron chi connectivity index (χ0n) is 12.2. The van der Waals surface area contributed by atoms with Gasteiger partial charge in [0.25, 0.3) is 0 Å². The number of fused-ring (bicyclic) bond motifs is 1. The molecule has 2 heterocycles. The largest absolute Gasteiger partial charge is 0.361 e. The topological polar surface area (TPSA) is 49.8 Å². The number of rotatable bonds is 4. The first-order chi connectivity index (χ1) is 10.2. The van der Waals surface area contributed by atoms with E-state index in [-0.39, 0.29) is 17.9 Å². The number of amides is 1. The summed E-state index contributed by atoms with van der Waals surface area (Å²) in [4.78, 5) is 15.8. The molecule has 4 nitrogen and oxygen atoms in total. The molecule has 0 saturated heterocycles. The minimum absolute atomic E-state index is 0.00917. The molecule has 0 aliphatic carbocycles. The summed E-state index contributed by atoms with van der Waals surface area (Å²) in [5.74, 6) is 0.220. The molecule has 2 N–H and O–H groups in total. The SMILES string of the molecule is CC(C)[C@H](C(=O)Nc1cccc2[nH]ccc12)n1cccc1. The van der Waals surface area contributed by atoms with Crippen LogP contribution in [-0.2, 0) is 4.79 Å². The molecule has 0 bridgehead atoms. The van der Waals surface area contributed by atoms with Crippen molar-refractivity contribution in [1.82, 2.24) is 9.55 Å². The number of hydrogen-bond acceptors (Lipinski definition) is 1. The van der Waals surface area contributed by atoms with Crippen LogP contribution in [0.3, 0.4) is 0 Å². The number of hydrogen-bond donors (Lipinski definition) is 2. The van der Waals surface area contributed by atoms with E-state index in [0.29, 0.717) is 0 Å². The molecular weight excluding hydrogens is 262 g/mol. The van der Waals surface area contributed by atoms with Crippen molar-refractivity contribution in [2.45, 2.75) is 19.9 Å². The second kappa shape index (κ2) is 5.48. The van der Waals surface area contributed by atoms with Crippen LogP contribution in [0.5, 0.6) is 0 Å². The summed E-state index contributed by atoms with van der Waals surface area (Å²) in [7, 11) is 0. The average molecular weight is 281 g/mol. The van der Waals surface area contributed by atoms with Crippen molar-refractivity contribution >= 4 is 22.5 Å². The van der Waals surface area contributed by atoms with E-state index in [1.54, 1.807) is 0 Å². The Morgan fingerprint density at radius 3 is 2.62 bits per heavy atom.